The van der Waals surface area contributed by atoms with Gasteiger partial charge >= 0.3 is 6.09 Å². The van der Waals surface area contributed by atoms with Crippen molar-refractivity contribution < 1.29 is 9.53 Å². The minimum Gasteiger partial charge on any atom is -0.450 e. The van der Waals surface area contributed by atoms with E-state index >= 15 is 0 Å². The number of carbonyl (C=O) groups is 1. The summed E-state index contributed by atoms with van der Waals surface area (Å²) in [7, 11) is 0. The quantitative estimate of drug-likeness (QED) is 0.700. The first-order valence-corrected chi connectivity index (χ1v) is 5.97. The van der Waals surface area contributed by atoms with Gasteiger partial charge in [0.05, 0.1) is 6.61 Å². The van der Waals surface area contributed by atoms with Crippen LogP contribution >= 0.6 is 0 Å². The molecule has 4 nitrogen and oxygen atoms in total. The molecule has 0 aliphatic carbocycles. The van der Waals surface area contributed by atoms with Crippen LogP contribution in [0.3, 0.4) is 0 Å². The highest BCUT2D eigenvalue weighted by Crippen LogP contribution is 2.05. The van der Waals surface area contributed by atoms with Crippen molar-refractivity contribution in [1.29, 1.82) is 0 Å². The molecule has 0 aromatic heterocycles. The van der Waals surface area contributed by atoms with Gasteiger partial charge in [0.25, 0.3) is 0 Å². The maximum Gasteiger partial charge on any atom is 0.407 e. The standard InChI is InChI=1S/C11H22N2O2/c1-2-3-9-15-11(14)13-10-5-4-7-12-8-6-10/h10,12H,2-9H2,1H3,(H,13,14). The predicted octanol–water partition coefficient (Wildman–Crippen LogP) is 1.65. The lowest BCUT2D eigenvalue weighted by atomic mass is 10.1. The molecular formula is C11H22N2O2. The first-order chi connectivity index (χ1) is 7.33. The Labute approximate surface area is 91.8 Å². The van der Waals surface area contributed by atoms with Gasteiger partial charge in [0.15, 0.2) is 0 Å². The highest BCUT2D eigenvalue weighted by molar-refractivity contribution is 5.67. The van der Waals surface area contributed by atoms with Crippen molar-refractivity contribution >= 4 is 6.09 Å². The lowest BCUT2D eigenvalue weighted by molar-refractivity contribution is 0.139. The summed E-state index contributed by atoms with van der Waals surface area (Å²) in [6, 6.07) is 0.286. The monoisotopic (exact) mass is 214 g/mol. The van der Waals surface area contributed by atoms with Crippen molar-refractivity contribution in [2.75, 3.05) is 19.7 Å². The molecule has 0 radical (unpaired) electrons. The van der Waals surface area contributed by atoms with Crippen molar-refractivity contribution in [2.45, 2.75) is 45.1 Å². The van der Waals surface area contributed by atoms with Crippen molar-refractivity contribution in [3.05, 3.63) is 0 Å². The van der Waals surface area contributed by atoms with E-state index in [1.54, 1.807) is 0 Å². The molecule has 0 saturated carbocycles. The number of nitrogens with one attached hydrogen (secondary N) is 2. The van der Waals surface area contributed by atoms with Gasteiger partial charge < -0.3 is 15.4 Å². The molecule has 0 spiro atoms. The third-order valence-corrected chi connectivity index (χ3v) is 2.63. The number of unbranched alkanes of at least 4 members (excludes halogenated alkanes) is 1. The normalized spacial score (nSPS) is 21.8. The van der Waals surface area contributed by atoms with E-state index in [-0.39, 0.29) is 12.1 Å². The molecule has 1 amide bonds. The third-order valence-electron chi connectivity index (χ3n) is 2.63. The van der Waals surface area contributed by atoms with Crippen LogP contribution in [-0.4, -0.2) is 31.8 Å². The number of hydrogen-bond donors (Lipinski definition) is 2. The minimum atomic E-state index is -0.254. The summed E-state index contributed by atoms with van der Waals surface area (Å²) in [5.41, 5.74) is 0. The smallest absolute Gasteiger partial charge is 0.407 e. The second-order valence-corrected chi connectivity index (χ2v) is 4.01. The van der Waals surface area contributed by atoms with Gasteiger partial charge in [0, 0.05) is 6.04 Å². The van der Waals surface area contributed by atoms with Gasteiger partial charge in [-0.25, -0.2) is 4.79 Å². The number of hydrogen-bond acceptors (Lipinski definition) is 3. The lowest BCUT2D eigenvalue weighted by Gasteiger charge is -2.15. The van der Waals surface area contributed by atoms with Crippen LogP contribution in [0.4, 0.5) is 4.79 Å². The largest absolute Gasteiger partial charge is 0.450 e. The summed E-state index contributed by atoms with van der Waals surface area (Å²) < 4.78 is 5.06. The Bertz CT molecular complexity index is 177. The molecule has 1 aliphatic heterocycles. The molecule has 1 saturated heterocycles. The van der Waals surface area contributed by atoms with E-state index in [0.717, 1.165) is 45.2 Å². The van der Waals surface area contributed by atoms with Crippen LogP contribution in [0.1, 0.15) is 39.0 Å². The second-order valence-electron chi connectivity index (χ2n) is 4.01. The van der Waals surface area contributed by atoms with Gasteiger partial charge in [0.2, 0.25) is 0 Å². The van der Waals surface area contributed by atoms with Crippen LogP contribution in [0, 0.1) is 0 Å². The van der Waals surface area contributed by atoms with Gasteiger partial charge in [-0.1, -0.05) is 13.3 Å². The van der Waals surface area contributed by atoms with E-state index in [2.05, 4.69) is 17.6 Å². The van der Waals surface area contributed by atoms with Crippen LogP contribution in [0.2, 0.25) is 0 Å². The van der Waals surface area contributed by atoms with Crippen LogP contribution < -0.4 is 10.6 Å². The molecular weight excluding hydrogens is 192 g/mol. The van der Waals surface area contributed by atoms with E-state index in [4.69, 9.17) is 4.74 Å². The third kappa shape index (κ3) is 5.62. The Morgan fingerprint density at radius 2 is 2.33 bits per heavy atom. The van der Waals surface area contributed by atoms with E-state index in [9.17, 15) is 4.79 Å². The van der Waals surface area contributed by atoms with Gasteiger partial charge in [-0.2, -0.15) is 0 Å². The van der Waals surface area contributed by atoms with Crippen molar-refractivity contribution in [1.82, 2.24) is 10.6 Å². The molecule has 1 aliphatic rings. The molecule has 1 rings (SSSR count). The summed E-state index contributed by atoms with van der Waals surface area (Å²) in [6.07, 6.45) is 4.93. The molecule has 2 N–H and O–H groups in total. The summed E-state index contributed by atoms with van der Waals surface area (Å²) in [6.45, 7) is 4.66. The van der Waals surface area contributed by atoms with E-state index in [1.807, 2.05) is 0 Å². The van der Waals surface area contributed by atoms with E-state index < -0.39 is 0 Å². The maximum absolute atomic E-state index is 11.3. The zero-order valence-electron chi connectivity index (χ0n) is 9.55. The highest BCUT2D eigenvalue weighted by Gasteiger charge is 2.14. The molecule has 15 heavy (non-hydrogen) atoms. The molecule has 4 heteroatoms. The Morgan fingerprint density at radius 1 is 1.47 bits per heavy atom. The topological polar surface area (TPSA) is 50.4 Å². The first-order valence-electron chi connectivity index (χ1n) is 5.97. The summed E-state index contributed by atoms with van der Waals surface area (Å²) in [4.78, 5) is 11.3. The molecule has 1 unspecified atom stereocenters. The zero-order valence-corrected chi connectivity index (χ0v) is 9.55. The highest BCUT2D eigenvalue weighted by atomic mass is 16.5. The average molecular weight is 214 g/mol. The van der Waals surface area contributed by atoms with Crippen molar-refractivity contribution in [3.8, 4) is 0 Å². The fraction of sp³-hybridized carbons (Fsp3) is 0.909. The molecule has 1 atom stereocenters. The molecule has 0 aromatic rings. The maximum atomic E-state index is 11.3. The molecule has 0 bridgehead atoms. The number of ether oxygens (including phenoxy) is 1. The minimum absolute atomic E-state index is 0.254. The fourth-order valence-electron chi connectivity index (χ4n) is 1.68. The second kappa shape index (κ2) is 7.51. The average Bonchev–Trinajstić information content (AvgIpc) is 2.47. The van der Waals surface area contributed by atoms with Crippen molar-refractivity contribution in [3.63, 3.8) is 0 Å². The van der Waals surface area contributed by atoms with Crippen LogP contribution in [0.25, 0.3) is 0 Å². The summed E-state index contributed by atoms with van der Waals surface area (Å²) in [5.74, 6) is 0. The lowest BCUT2D eigenvalue weighted by Crippen LogP contribution is -2.35. The van der Waals surface area contributed by atoms with Gasteiger partial charge in [-0.15, -0.1) is 0 Å². The number of rotatable bonds is 4. The van der Waals surface area contributed by atoms with Crippen molar-refractivity contribution in [2.24, 2.45) is 0 Å². The Morgan fingerprint density at radius 3 is 3.13 bits per heavy atom. The van der Waals surface area contributed by atoms with Gasteiger partial charge in [0.1, 0.15) is 0 Å². The van der Waals surface area contributed by atoms with Gasteiger partial charge in [-0.3, -0.25) is 0 Å². The Kier molecular flexibility index (Phi) is 6.16. The first kappa shape index (κ1) is 12.3. The van der Waals surface area contributed by atoms with E-state index in [0.29, 0.717) is 6.61 Å². The molecule has 88 valence electrons. The van der Waals surface area contributed by atoms with Gasteiger partial charge in [-0.05, 0) is 38.8 Å². The molecule has 1 fully saturated rings. The molecule has 1 heterocycles. The number of carbonyl (C=O) groups excluding carboxylic acids is 1. The van der Waals surface area contributed by atoms with Crippen LogP contribution in [0.15, 0.2) is 0 Å². The predicted molar refractivity (Wildman–Crippen MR) is 59.9 cm³/mol. The Hall–Kier alpha value is -0.770. The summed E-state index contributed by atoms with van der Waals surface area (Å²) >= 11 is 0. The fourth-order valence-corrected chi connectivity index (χ4v) is 1.68. The van der Waals surface area contributed by atoms with Crippen LogP contribution in [-0.2, 0) is 4.74 Å². The molecule has 0 aromatic carbocycles. The Balaban J connectivity index is 2.12. The summed E-state index contributed by atoms with van der Waals surface area (Å²) in [5, 5.41) is 6.23. The SMILES string of the molecule is CCCCOC(=O)NC1CCCNCC1. The van der Waals surface area contributed by atoms with E-state index in [1.165, 1.54) is 0 Å². The van der Waals surface area contributed by atoms with Crippen LogP contribution in [0.5, 0.6) is 0 Å². The zero-order chi connectivity index (χ0) is 10.9. The number of alkyl carbamates (subject to hydrolysis) is 1. The number of amides is 1.